The number of aryl methyl sites for hydroxylation is 1. The summed E-state index contributed by atoms with van der Waals surface area (Å²) in [5, 5.41) is 0.581. The van der Waals surface area contributed by atoms with Crippen LogP contribution in [0, 0.1) is 12.7 Å². The highest BCUT2D eigenvalue weighted by atomic mass is 19.1. The van der Waals surface area contributed by atoms with E-state index in [2.05, 4.69) is 9.82 Å². The Hall–Kier alpha value is -1.39. The van der Waals surface area contributed by atoms with Crippen LogP contribution in [0.1, 0.15) is 11.3 Å². The van der Waals surface area contributed by atoms with E-state index in [1.807, 2.05) is 13.0 Å². The Kier molecular flexibility index (Phi) is 2.23. The Morgan fingerprint density at radius 2 is 2.29 bits per heavy atom. The van der Waals surface area contributed by atoms with Crippen molar-refractivity contribution in [3.63, 3.8) is 0 Å². The number of hydrogen-bond acceptors (Lipinski definition) is 2. The van der Waals surface area contributed by atoms with Crippen LogP contribution in [0.4, 0.5) is 4.39 Å². The van der Waals surface area contributed by atoms with Crippen molar-refractivity contribution in [1.29, 1.82) is 0 Å². The average molecular weight is 194 g/mol. The van der Waals surface area contributed by atoms with Gasteiger partial charge in [-0.25, -0.2) is 10.3 Å². The van der Waals surface area contributed by atoms with Gasteiger partial charge in [-0.05, 0) is 19.1 Å². The maximum atomic E-state index is 13.7. The standard InChI is InChI=1S/C10H11FN2O/c1-6-4-8-9(13-6)3-2-7(5-14-12)10(8)11/h2-4,13H,5,12H2,1H3. The van der Waals surface area contributed by atoms with Crippen LogP contribution in [0.15, 0.2) is 18.2 Å². The lowest BCUT2D eigenvalue weighted by Gasteiger charge is -2.01. The molecule has 14 heavy (non-hydrogen) atoms. The third kappa shape index (κ3) is 1.38. The van der Waals surface area contributed by atoms with Crippen molar-refractivity contribution in [2.75, 3.05) is 0 Å². The van der Waals surface area contributed by atoms with Gasteiger partial charge in [0, 0.05) is 22.2 Å². The summed E-state index contributed by atoms with van der Waals surface area (Å²) in [7, 11) is 0. The van der Waals surface area contributed by atoms with Crippen molar-refractivity contribution in [1.82, 2.24) is 4.98 Å². The number of H-pyrrole nitrogens is 1. The highest BCUT2D eigenvalue weighted by Gasteiger charge is 2.08. The quantitative estimate of drug-likeness (QED) is 0.718. The summed E-state index contributed by atoms with van der Waals surface area (Å²) in [6, 6.07) is 5.25. The van der Waals surface area contributed by atoms with Crippen LogP contribution in [0.3, 0.4) is 0 Å². The lowest BCUT2D eigenvalue weighted by molar-refractivity contribution is 0.122. The molecule has 0 unspecified atom stereocenters. The largest absolute Gasteiger partial charge is 0.359 e. The first-order valence-corrected chi connectivity index (χ1v) is 4.30. The van der Waals surface area contributed by atoms with Gasteiger partial charge in [0.05, 0.1) is 6.61 Å². The van der Waals surface area contributed by atoms with Crippen molar-refractivity contribution >= 4 is 10.9 Å². The van der Waals surface area contributed by atoms with Crippen molar-refractivity contribution in [3.8, 4) is 0 Å². The van der Waals surface area contributed by atoms with Gasteiger partial charge in [0.15, 0.2) is 0 Å². The van der Waals surface area contributed by atoms with Gasteiger partial charge in [-0.2, -0.15) is 0 Å². The number of aromatic nitrogens is 1. The maximum Gasteiger partial charge on any atom is 0.138 e. The summed E-state index contributed by atoms with van der Waals surface area (Å²) < 4.78 is 13.7. The van der Waals surface area contributed by atoms with Gasteiger partial charge < -0.3 is 4.98 Å². The van der Waals surface area contributed by atoms with E-state index in [0.717, 1.165) is 11.2 Å². The van der Waals surface area contributed by atoms with E-state index in [4.69, 9.17) is 5.90 Å². The number of nitrogens with two attached hydrogens (primary N) is 1. The Balaban J connectivity index is 2.61. The van der Waals surface area contributed by atoms with Crippen LogP contribution in [0.5, 0.6) is 0 Å². The molecule has 3 N–H and O–H groups in total. The summed E-state index contributed by atoms with van der Waals surface area (Å²) in [6.07, 6.45) is 0. The van der Waals surface area contributed by atoms with E-state index in [0.29, 0.717) is 10.9 Å². The van der Waals surface area contributed by atoms with E-state index < -0.39 is 0 Å². The number of aromatic amines is 1. The minimum Gasteiger partial charge on any atom is -0.359 e. The second kappa shape index (κ2) is 3.40. The van der Waals surface area contributed by atoms with Gasteiger partial charge in [0.1, 0.15) is 5.82 Å². The van der Waals surface area contributed by atoms with Gasteiger partial charge in [0.25, 0.3) is 0 Å². The van der Waals surface area contributed by atoms with Crippen LogP contribution in [0.2, 0.25) is 0 Å². The first-order valence-electron chi connectivity index (χ1n) is 4.30. The highest BCUT2D eigenvalue weighted by molar-refractivity contribution is 5.81. The van der Waals surface area contributed by atoms with Crippen LogP contribution >= 0.6 is 0 Å². The third-order valence-electron chi connectivity index (χ3n) is 2.19. The number of benzene rings is 1. The molecule has 1 aromatic heterocycles. The Morgan fingerprint density at radius 1 is 1.50 bits per heavy atom. The Bertz CT molecular complexity index is 464. The van der Waals surface area contributed by atoms with Gasteiger partial charge in [-0.1, -0.05) is 6.07 Å². The Labute approximate surface area is 80.6 Å². The minimum absolute atomic E-state index is 0.0893. The molecule has 2 aromatic rings. The predicted molar refractivity (Wildman–Crippen MR) is 52.0 cm³/mol. The molecule has 0 aliphatic heterocycles. The Morgan fingerprint density at radius 3 is 3.00 bits per heavy atom. The second-order valence-electron chi connectivity index (χ2n) is 3.26. The smallest absolute Gasteiger partial charge is 0.138 e. The zero-order valence-electron chi connectivity index (χ0n) is 7.80. The molecule has 0 atom stereocenters. The minimum atomic E-state index is -0.266. The summed E-state index contributed by atoms with van der Waals surface area (Å²) >= 11 is 0. The number of hydrogen-bond donors (Lipinski definition) is 2. The predicted octanol–water partition coefficient (Wildman–Crippen LogP) is 2.01. The first kappa shape index (κ1) is 9.18. The van der Waals surface area contributed by atoms with Crippen molar-refractivity contribution < 1.29 is 9.23 Å². The molecule has 0 saturated heterocycles. The molecule has 0 bridgehead atoms. The van der Waals surface area contributed by atoms with Gasteiger partial charge >= 0.3 is 0 Å². The van der Waals surface area contributed by atoms with E-state index in [-0.39, 0.29) is 12.4 Å². The van der Waals surface area contributed by atoms with Gasteiger partial charge in [-0.3, -0.25) is 4.84 Å². The average Bonchev–Trinajstić information content (AvgIpc) is 2.52. The summed E-state index contributed by atoms with van der Waals surface area (Å²) in [5.74, 6) is 4.64. The molecule has 0 spiro atoms. The SMILES string of the molecule is Cc1cc2c(F)c(CON)ccc2[nH]1. The molecule has 1 heterocycles. The van der Waals surface area contributed by atoms with E-state index in [1.54, 1.807) is 12.1 Å². The molecule has 3 nitrogen and oxygen atoms in total. The van der Waals surface area contributed by atoms with E-state index in [9.17, 15) is 4.39 Å². The molecule has 0 amide bonds. The fourth-order valence-electron chi connectivity index (χ4n) is 1.55. The molecular formula is C10H11FN2O. The molecule has 1 aromatic carbocycles. The second-order valence-corrected chi connectivity index (χ2v) is 3.26. The zero-order valence-corrected chi connectivity index (χ0v) is 7.80. The number of nitrogens with one attached hydrogen (secondary N) is 1. The van der Waals surface area contributed by atoms with Crippen molar-refractivity contribution in [2.45, 2.75) is 13.5 Å². The van der Waals surface area contributed by atoms with Crippen LogP contribution in [-0.2, 0) is 11.4 Å². The number of rotatable bonds is 2. The monoisotopic (exact) mass is 194 g/mol. The van der Waals surface area contributed by atoms with Crippen molar-refractivity contribution in [2.24, 2.45) is 5.90 Å². The van der Waals surface area contributed by atoms with Gasteiger partial charge in [-0.15, -0.1) is 0 Å². The fourth-order valence-corrected chi connectivity index (χ4v) is 1.55. The lowest BCUT2D eigenvalue weighted by atomic mass is 10.1. The molecule has 2 rings (SSSR count). The molecular weight excluding hydrogens is 183 g/mol. The molecule has 0 aliphatic carbocycles. The van der Waals surface area contributed by atoms with E-state index in [1.165, 1.54) is 0 Å². The summed E-state index contributed by atoms with van der Waals surface area (Å²) in [6.45, 7) is 1.98. The third-order valence-corrected chi connectivity index (χ3v) is 2.19. The number of fused-ring (bicyclic) bond motifs is 1. The molecule has 4 heteroatoms. The molecule has 74 valence electrons. The molecule has 0 saturated carbocycles. The van der Waals surface area contributed by atoms with Crippen LogP contribution < -0.4 is 5.90 Å². The lowest BCUT2D eigenvalue weighted by Crippen LogP contribution is -2.01. The normalized spacial score (nSPS) is 11.1. The number of halogens is 1. The fraction of sp³-hybridized carbons (Fsp3) is 0.200. The topological polar surface area (TPSA) is 51.0 Å². The molecule has 0 aliphatic rings. The zero-order chi connectivity index (χ0) is 10.1. The first-order chi connectivity index (χ1) is 6.72. The summed E-state index contributed by atoms with van der Waals surface area (Å²) in [5.41, 5.74) is 2.20. The van der Waals surface area contributed by atoms with Gasteiger partial charge in [0.2, 0.25) is 0 Å². The molecule has 0 fully saturated rings. The molecule has 0 radical (unpaired) electrons. The highest BCUT2D eigenvalue weighted by Crippen LogP contribution is 2.21. The summed E-state index contributed by atoms with van der Waals surface area (Å²) in [4.78, 5) is 7.47. The maximum absolute atomic E-state index is 13.7. The van der Waals surface area contributed by atoms with Crippen LogP contribution in [0.25, 0.3) is 10.9 Å². The van der Waals surface area contributed by atoms with Crippen LogP contribution in [-0.4, -0.2) is 4.98 Å². The van der Waals surface area contributed by atoms with E-state index >= 15 is 0 Å². The van der Waals surface area contributed by atoms with Crippen molar-refractivity contribution in [3.05, 3.63) is 35.3 Å².